The topological polar surface area (TPSA) is 111 Å². The zero-order valence-corrected chi connectivity index (χ0v) is 17.1. The second-order valence-corrected chi connectivity index (χ2v) is 7.91. The first-order chi connectivity index (χ1) is 13.6. The van der Waals surface area contributed by atoms with Crippen LogP contribution in [-0.4, -0.2) is 66.7 Å². The van der Waals surface area contributed by atoms with Crippen molar-refractivity contribution in [2.45, 2.75) is 70.8 Å². The van der Waals surface area contributed by atoms with Crippen molar-refractivity contribution in [2.24, 2.45) is 5.41 Å². The summed E-state index contributed by atoms with van der Waals surface area (Å²) in [7, 11) is 0. The van der Waals surface area contributed by atoms with E-state index in [4.69, 9.17) is 0 Å². The lowest BCUT2D eigenvalue weighted by Gasteiger charge is -2.47. The van der Waals surface area contributed by atoms with Crippen molar-refractivity contribution in [1.82, 2.24) is 20.9 Å². The number of β-amino-alcohol motifs (C(OH)–C–C–N with tert-alkyl or cyclic N) is 1. The van der Waals surface area contributed by atoms with Gasteiger partial charge in [0.2, 0.25) is 11.8 Å². The normalized spacial score (nSPS) is 22.8. The van der Waals surface area contributed by atoms with E-state index >= 15 is 0 Å². The van der Waals surface area contributed by atoms with Gasteiger partial charge in [0.25, 0.3) is 0 Å². The Kier molecular flexibility index (Phi) is 9.34. The van der Waals surface area contributed by atoms with Gasteiger partial charge in [0.05, 0.1) is 6.61 Å². The van der Waals surface area contributed by atoms with Gasteiger partial charge in [-0.1, -0.05) is 58.3 Å². The Morgan fingerprint density at radius 3 is 2.21 bits per heavy atom. The number of carbonyl (C=O) groups is 3. The van der Waals surface area contributed by atoms with Crippen LogP contribution in [0.15, 0.2) is 0 Å². The maximum atomic E-state index is 12.9. The highest BCUT2D eigenvalue weighted by atomic mass is 16.3. The molecule has 0 radical (unpaired) electrons. The molecule has 0 saturated carbocycles. The van der Waals surface area contributed by atoms with Crippen LogP contribution in [0, 0.1) is 5.41 Å². The molecular weight excluding hydrogens is 360 g/mol. The summed E-state index contributed by atoms with van der Waals surface area (Å²) < 4.78 is 0. The number of unbranched alkanes of at least 4 members (excludes halogenated alkanes) is 7. The molecule has 4 N–H and O–H groups in total. The number of imide groups is 2. The number of aliphatic hydroxyl groups excluding tert-OH is 1. The van der Waals surface area contributed by atoms with Crippen LogP contribution in [0.4, 0.5) is 4.79 Å². The Morgan fingerprint density at radius 1 is 1.00 bits per heavy atom. The molecule has 0 aromatic carbocycles. The second-order valence-electron chi connectivity index (χ2n) is 7.91. The highest BCUT2D eigenvalue weighted by Gasteiger charge is 2.56. The van der Waals surface area contributed by atoms with Crippen LogP contribution >= 0.6 is 0 Å². The molecule has 8 nitrogen and oxygen atoms in total. The summed E-state index contributed by atoms with van der Waals surface area (Å²) in [5, 5.41) is 17.3. The maximum absolute atomic E-state index is 12.9. The third-order valence-electron chi connectivity index (χ3n) is 6.00. The van der Waals surface area contributed by atoms with E-state index in [0.29, 0.717) is 26.1 Å². The van der Waals surface area contributed by atoms with E-state index in [-0.39, 0.29) is 12.6 Å². The van der Waals surface area contributed by atoms with Crippen LogP contribution in [0.25, 0.3) is 0 Å². The standard InChI is InChI=1S/C20H36N4O4/c1-2-3-4-5-6-7-8-9-10-20(17(26)22-19(28)23-18(20)27)16-15-21-11-12-24(16)13-14-25/h16,21,25H,2-15H2,1H3,(H2,22,23,26,27,28). The zero-order valence-electron chi connectivity index (χ0n) is 17.1. The number of nitrogens with one attached hydrogen (secondary N) is 3. The van der Waals surface area contributed by atoms with E-state index < -0.39 is 23.3 Å². The first-order valence-electron chi connectivity index (χ1n) is 10.8. The van der Waals surface area contributed by atoms with Crippen molar-refractivity contribution in [3.8, 4) is 0 Å². The Morgan fingerprint density at radius 2 is 1.61 bits per heavy atom. The maximum Gasteiger partial charge on any atom is 0.328 e. The molecule has 2 aliphatic rings. The highest BCUT2D eigenvalue weighted by molar-refractivity contribution is 6.19. The second kappa shape index (κ2) is 11.5. The van der Waals surface area contributed by atoms with E-state index in [2.05, 4.69) is 22.9 Å². The van der Waals surface area contributed by atoms with Crippen LogP contribution < -0.4 is 16.0 Å². The van der Waals surface area contributed by atoms with Gasteiger partial charge in [-0.2, -0.15) is 0 Å². The first-order valence-corrected chi connectivity index (χ1v) is 10.8. The van der Waals surface area contributed by atoms with Gasteiger partial charge in [-0.3, -0.25) is 25.1 Å². The summed E-state index contributed by atoms with van der Waals surface area (Å²) in [6.45, 7) is 4.44. The summed E-state index contributed by atoms with van der Waals surface area (Å²) in [4.78, 5) is 39.5. The van der Waals surface area contributed by atoms with Crippen molar-refractivity contribution in [3.05, 3.63) is 0 Å². The van der Waals surface area contributed by atoms with Gasteiger partial charge in [-0.25, -0.2) is 4.79 Å². The molecule has 2 saturated heterocycles. The minimum Gasteiger partial charge on any atom is -0.395 e. The molecule has 0 aromatic rings. The molecule has 2 fully saturated rings. The van der Waals surface area contributed by atoms with Crippen molar-refractivity contribution >= 4 is 17.8 Å². The Bertz CT molecular complexity index is 518. The van der Waals surface area contributed by atoms with Crippen molar-refractivity contribution in [1.29, 1.82) is 0 Å². The summed E-state index contributed by atoms with van der Waals surface area (Å²) in [5.74, 6) is -1.03. The number of hydrogen-bond acceptors (Lipinski definition) is 6. The van der Waals surface area contributed by atoms with Gasteiger partial charge in [0.1, 0.15) is 5.41 Å². The number of aliphatic hydroxyl groups is 1. The zero-order chi connectivity index (χ0) is 20.4. The Hall–Kier alpha value is -1.51. The summed E-state index contributed by atoms with van der Waals surface area (Å²) in [5.41, 5.74) is -1.31. The van der Waals surface area contributed by atoms with Crippen molar-refractivity contribution in [3.63, 3.8) is 0 Å². The lowest BCUT2D eigenvalue weighted by molar-refractivity contribution is -0.151. The molecule has 1 atom stereocenters. The van der Waals surface area contributed by atoms with Crippen LogP contribution in [-0.2, 0) is 9.59 Å². The van der Waals surface area contributed by atoms with Gasteiger partial charge >= 0.3 is 6.03 Å². The Balaban J connectivity index is 2.04. The fraction of sp³-hybridized carbons (Fsp3) is 0.850. The third kappa shape index (κ3) is 5.52. The van der Waals surface area contributed by atoms with E-state index in [1.54, 1.807) is 0 Å². The van der Waals surface area contributed by atoms with Gasteiger partial charge in [-0.15, -0.1) is 0 Å². The number of nitrogens with zero attached hydrogens (tertiary/aromatic N) is 1. The molecule has 2 aliphatic heterocycles. The molecule has 160 valence electrons. The summed E-state index contributed by atoms with van der Waals surface area (Å²) >= 11 is 0. The molecule has 0 aliphatic carbocycles. The largest absolute Gasteiger partial charge is 0.395 e. The predicted octanol–water partition coefficient (Wildman–Crippen LogP) is 1.14. The predicted molar refractivity (Wildman–Crippen MR) is 107 cm³/mol. The fourth-order valence-corrected chi connectivity index (χ4v) is 4.43. The van der Waals surface area contributed by atoms with Gasteiger partial charge in [0, 0.05) is 32.2 Å². The smallest absolute Gasteiger partial charge is 0.328 e. The number of amides is 4. The number of rotatable bonds is 12. The fourth-order valence-electron chi connectivity index (χ4n) is 4.43. The number of urea groups is 1. The SMILES string of the molecule is CCCCCCCCCCC1(C2CNCCN2CCO)C(=O)NC(=O)NC1=O. The molecule has 8 heteroatoms. The highest BCUT2D eigenvalue weighted by Crippen LogP contribution is 2.36. The quantitative estimate of drug-likeness (QED) is 0.291. The molecule has 0 bridgehead atoms. The van der Waals surface area contributed by atoms with E-state index in [9.17, 15) is 19.5 Å². The monoisotopic (exact) mass is 396 g/mol. The van der Waals surface area contributed by atoms with Crippen molar-refractivity contribution < 1.29 is 19.5 Å². The molecule has 2 heterocycles. The Labute approximate surface area is 167 Å². The average molecular weight is 397 g/mol. The molecule has 2 rings (SSSR count). The van der Waals surface area contributed by atoms with Gasteiger partial charge in [0.15, 0.2) is 0 Å². The lowest BCUT2D eigenvalue weighted by Crippen LogP contribution is -2.72. The molecule has 28 heavy (non-hydrogen) atoms. The molecular formula is C20H36N4O4. The van der Waals surface area contributed by atoms with Crippen LogP contribution in [0.5, 0.6) is 0 Å². The average Bonchev–Trinajstić information content (AvgIpc) is 2.67. The van der Waals surface area contributed by atoms with Gasteiger partial charge < -0.3 is 10.4 Å². The van der Waals surface area contributed by atoms with E-state index in [0.717, 1.165) is 25.8 Å². The van der Waals surface area contributed by atoms with Gasteiger partial charge in [-0.05, 0) is 6.42 Å². The minimum atomic E-state index is -1.31. The summed E-state index contributed by atoms with van der Waals surface area (Å²) in [6.07, 6.45) is 9.37. The number of piperazine rings is 1. The van der Waals surface area contributed by atoms with E-state index in [1.807, 2.05) is 4.90 Å². The lowest BCUT2D eigenvalue weighted by atomic mass is 9.71. The van der Waals surface area contributed by atoms with Crippen LogP contribution in [0.3, 0.4) is 0 Å². The number of barbiturate groups is 1. The summed E-state index contributed by atoms with van der Waals surface area (Å²) in [6, 6.07) is -1.13. The van der Waals surface area contributed by atoms with E-state index in [1.165, 1.54) is 32.1 Å². The molecule has 4 amide bonds. The van der Waals surface area contributed by atoms with Crippen LogP contribution in [0.1, 0.15) is 64.7 Å². The minimum absolute atomic E-state index is 0.0352. The third-order valence-corrected chi connectivity index (χ3v) is 6.00. The first kappa shape index (κ1) is 22.8. The van der Waals surface area contributed by atoms with Crippen molar-refractivity contribution in [2.75, 3.05) is 32.8 Å². The number of hydrogen-bond donors (Lipinski definition) is 4. The van der Waals surface area contributed by atoms with Crippen LogP contribution in [0.2, 0.25) is 0 Å². The molecule has 0 spiro atoms. The number of carbonyl (C=O) groups excluding carboxylic acids is 3. The molecule has 1 unspecified atom stereocenters. The molecule has 0 aromatic heterocycles.